The van der Waals surface area contributed by atoms with Crippen LogP contribution in [-0.4, -0.2) is 44.9 Å². The first-order valence-electron chi connectivity index (χ1n) is 7.47. The van der Waals surface area contributed by atoms with Crippen LogP contribution in [0.1, 0.15) is 28.1 Å². The van der Waals surface area contributed by atoms with Gasteiger partial charge in [-0.2, -0.15) is 0 Å². The van der Waals surface area contributed by atoms with Crippen LogP contribution in [0.4, 0.5) is 0 Å². The van der Waals surface area contributed by atoms with Crippen molar-refractivity contribution in [3.63, 3.8) is 0 Å². The lowest BCUT2D eigenvalue weighted by Crippen LogP contribution is -2.43. The van der Waals surface area contributed by atoms with Gasteiger partial charge in [0.05, 0.1) is 13.2 Å². The number of aromatic nitrogens is 3. The van der Waals surface area contributed by atoms with E-state index in [4.69, 9.17) is 9.15 Å². The lowest BCUT2D eigenvalue weighted by molar-refractivity contribution is -0.00917. The molecule has 1 aliphatic rings. The second-order valence-electron chi connectivity index (χ2n) is 5.47. The number of amides is 1. The predicted molar refractivity (Wildman–Crippen MR) is 81.0 cm³/mol. The minimum Gasteiger partial charge on any atom is -0.464 e. The quantitative estimate of drug-likeness (QED) is 0.722. The summed E-state index contributed by atoms with van der Waals surface area (Å²) >= 11 is 0. The number of carbonyl (C=O) groups is 1. The number of fused-ring (bicyclic) bond motifs is 1. The van der Waals surface area contributed by atoms with Gasteiger partial charge in [0.2, 0.25) is 0 Å². The van der Waals surface area contributed by atoms with E-state index in [9.17, 15) is 4.79 Å². The lowest BCUT2D eigenvalue weighted by Gasteiger charge is -2.34. The first-order chi connectivity index (χ1) is 11.2. The highest BCUT2D eigenvalue weighted by Gasteiger charge is 2.33. The number of hydrogen-bond acceptors (Lipinski definition) is 5. The third-order valence-electron chi connectivity index (χ3n) is 3.99. The van der Waals surface area contributed by atoms with Gasteiger partial charge in [0.1, 0.15) is 17.6 Å². The number of hydrogen-bond donors (Lipinski definition) is 0. The van der Waals surface area contributed by atoms with Gasteiger partial charge in [0.15, 0.2) is 11.3 Å². The Balaban J connectivity index is 1.72. The molecule has 4 heterocycles. The minimum atomic E-state index is -0.248. The van der Waals surface area contributed by atoms with Gasteiger partial charge in [-0.3, -0.25) is 4.79 Å². The van der Waals surface area contributed by atoms with Gasteiger partial charge in [-0.25, -0.2) is 9.97 Å². The van der Waals surface area contributed by atoms with Crippen LogP contribution >= 0.6 is 0 Å². The van der Waals surface area contributed by atoms with E-state index in [1.807, 2.05) is 19.1 Å². The molecule has 4 rings (SSSR count). The zero-order valence-corrected chi connectivity index (χ0v) is 12.7. The van der Waals surface area contributed by atoms with Crippen molar-refractivity contribution in [2.45, 2.75) is 13.0 Å². The molecule has 1 atom stereocenters. The molecule has 7 heteroatoms. The van der Waals surface area contributed by atoms with E-state index in [2.05, 4.69) is 9.97 Å². The summed E-state index contributed by atoms with van der Waals surface area (Å²) in [7, 11) is 0. The van der Waals surface area contributed by atoms with Crippen LogP contribution in [0.15, 0.2) is 41.3 Å². The Bertz CT molecular complexity index is 854. The minimum absolute atomic E-state index is 0.163. The third kappa shape index (κ3) is 2.39. The van der Waals surface area contributed by atoms with E-state index in [1.165, 1.54) is 0 Å². The SMILES string of the molecule is Cc1ccc(C2COCCN2C(=O)c2nccn3ccnc23)o1. The topological polar surface area (TPSA) is 72.9 Å². The Labute approximate surface area is 132 Å². The molecule has 0 N–H and O–H groups in total. The summed E-state index contributed by atoms with van der Waals surface area (Å²) in [5.74, 6) is 1.38. The van der Waals surface area contributed by atoms with Crippen LogP contribution < -0.4 is 0 Å². The zero-order valence-electron chi connectivity index (χ0n) is 12.7. The molecule has 1 amide bonds. The van der Waals surface area contributed by atoms with E-state index < -0.39 is 0 Å². The molecule has 0 bridgehead atoms. The number of ether oxygens (including phenoxy) is 1. The number of aryl methyl sites for hydroxylation is 1. The molecule has 0 aliphatic carbocycles. The fraction of sp³-hybridized carbons (Fsp3) is 0.312. The van der Waals surface area contributed by atoms with Crippen LogP contribution in [-0.2, 0) is 4.74 Å². The molecule has 1 aliphatic heterocycles. The number of imidazole rings is 1. The number of morpholine rings is 1. The summed E-state index contributed by atoms with van der Waals surface area (Å²) in [4.78, 5) is 23.2. The number of nitrogens with zero attached hydrogens (tertiary/aromatic N) is 4. The van der Waals surface area contributed by atoms with Crippen molar-refractivity contribution in [1.82, 2.24) is 19.3 Å². The number of rotatable bonds is 2. The molecule has 0 aromatic carbocycles. The normalized spacial score (nSPS) is 18.5. The lowest BCUT2D eigenvalue weighted by atomic mass is 10.1. The van der Waals surface area contributed by atoms with Crippen molar-refractivity contribution in [3.05, 3.63) is 54.1 Å². The first kappa shape index (κ1) is 14.0. The van der Waals surface area contributed by atoms with E-state index in [0.29, 0.717) is 31.1 Å². The van der Waals surface area contributed by atoms with Gasteiger partial charge in [-0.1, -0.05) is 0 Å². The Morgan fingerprint density at radius 2 is 2.09 bits per heavy atom. The van der Waals surface area contributed by atoms with Crippen molar-refractivity contribution < 1.29 is 13.9 Å². The van der Waals surface area contributed by atoms with Gasteiger partial charge in [0, 0.05) is 31.3 Å². The van der Waals surface area contributed by atoms with Crippen LogP contribution in [0.3, 0.4) is 0 Å². The van der Waals surface area contributed by atoms with Gasteiger partial charge in [0.25, 0.3) is 5.91 Å². The molecule has 1 fully saturated rings. The Morgan fingerprint density at radius 1 is 1.26 bits per heavy atom. The van der Waals surface area contributed by atoms with Gasteiger partial charge >= 0.3 is 0 Å². The van der Waals surface area contributed by atoms with Crippen molar-refractivity contribution in [1.29, 1.82) is 0 Å². The molecular formula is C16H16N4O3. The second kappa shape index (κ2) is 5.51. The maximum atomic E-state index is 13.0. The highest BCUT2D eigenvalue weighted by Crippen LogP contribution is 2.27. The van der Waals surface area contributed by atoms with Crippen LogP contribution in [0.5, 0.6) is 0 Å². The Morgan fingerprint density at radius 3 is 2.87 bits per heavy atom. The average Bonchev–Trinajstić information content (AvgIpc) is 3.22. The Hall–Kier alpha value is -2.67. The number of furan rings is 1. The van der Waals surface area contributed by atoms with Crippen LogP contribution in [0.2, 0.25) is 0 Å². The van der Waals surface area contributed by atoms with Crippen molar-refractivity contribution in [3.8, 4) is 0 Å². The smallest absolute Gasteiger partial charge is 0.277 e. The van der Waals surface area contributed by atoms with Gasteiger partial charge < -0.3 is 18.5 Å². The highest BCUT2D eigenvalue weighted by molar-refractivity contribution is 5.98. The van der Waals surface area contributed by atoms with Gasteiger partial charge in [-0.05, 0) is 19.1 Å². The molecular weight excluding hydrogens is 296 g/mol. The van der Waals surface area contributed by atoms with Crippen LogP contribution in [0.25, 0.3) is 5.65 Å². The molecule has 3 aromatic rings. The summed E-state index contributed by atoms with van der Waals surface area (Å²) in [5, 5.41) is 0. The molecule has 1 unspecified atom stereocenters. The molecule has 23 heavy (non-hydrogen) atoms. The summed E-state index contributed by atoms with van der Waals surface area (Å²) in [6, 6.07) is 3.53. The summed E-state index contributed by atoms with van der Waals surface area (Å²) in [5.41, 5.74) is 0.894. The highest BCUT2D eigenvalue weighted by atomic mass is 16.5. The van der Waals surface area contributed by atoms with E-state index in [0.717, 1.165) is 11.5 Å². The third-order valence-corrected chi connectivity index (χ3v) is 3.99. The fourth-order valence-corrected chi connectivity index (χ4v) is 2.86. The van der Waals surface area contributed by atoms with E-state index in [1.54, 1.807) is 34.1 Å². The average molecular weight is 312 g/mol. The zero-order chi connectivity index (χ0) is 15.8. The Kier molecular flexibility index (Phi) is 3.34. The van der Waals surface area contributed by atoms with Crippen LogP contribution in [0, 0.1) is 6.92 Å². The van der Waals surface area contributed by atoms with Crippen molar-refractivity contribution in [2.75, 3.05) is 19.8 Å². The predicted octanol–water partition coefficient (Wildman–Crippen LogP) is 1.84. The molecule has 7 nitrogen and oxygen atoms in total. The number of carbonyl (C=O) groups excluding carboxylic acids is 1. The second-order valence-corrected chi connectivity index (χ2v) is 5.47. The maximum absolute atomic E-state index is 13.0. The summed E-state index contributed by atoms with van der Waals surface area (Å²) < 4.78 is 13.0. The van der Waals surface area contributed by atoms with Crippen molar-refractivity contribution in [2.24, 2.45) is 0 Å². The van der Waals surface area contributed by atoms with E-state index >= 15 is 0 Å². The monoisotopic (exact) mass is 312 g/mol. The first-order valence-corrected chi connectivity index (χ1v) is 7.47. The van der Waals surface area contributed by atoms with Crippen molar-refractivity contribution >= 4 is 11.6 Å². The maximum Gasteiger partial charge on any atom is 0.277 e. The molecule has 118 valence electrons. The summed E-state index contributed by atoms with van der Waals surface area (Å²) in [6.45, 7) is 3.29. The fourth-order valence-electron chi connectivity index (χ4n) is 2.86. The molecule has 3 aromatic heterocycles. The standard InChI is InChI=1S/C16H16N4O3/c1-11-2-3-13(23-11)12-10-22-9-8-20(12)16(21)14-15-18-5-7-19(15)6-4-17-14/h2-7,12H,8-10H2,1H3. The summed E-state index contributed by atoms with van der Waals surface area (Å²) in [6.07, 6.45) is 6.82. The largest absolute Gasteiger partial charge is 0.464 e. The molecule has 1 saturated heterocycles. The molecule has 0 saturated carbocycles. The van der Waals surface area contributed by atoms with E-state index in [-0.39, 0.29) is 11.9 Å². The van der Waals surface area contributed by atoms with Gasteiger partial charge in [-0.15, -0.1) is 0 Å². The molecule has 0 spiro atoms. The molecule has 0 radical (unpaired) electrons.